The highest BCUT2D eigenvalue weighted by atomic mass is 16.3. The van der Waals surface area contributed by atoms with Crippen LogP contribution in [-0.2, 0) is 10.5 Å². The summed E-state index contributed by atoms with van der Waals surface area (Å²) in [6, 6.07) is 27.6. The van der Waals surface area contributed by atoms with Gasteiger partial charge in [0.1, 0.15) is 5.54 Å². The van der Waals surface area contributed by atoms with E-state index in [1.165, 1.54) is 0 Å². The quantitative estimate of drug-likeness (QED) is 0.553. The fourth-order valence-corrected chi connectivity index (χ4v) is 8.91. The zero-order valence-electron chi connectivity index (χ0n) is 20.5. The van der Waals surface area contributed by atoms with Crippen LogP contribution in [0.15, 0.2) is 90.5 Å². The SMILES string of the molecule is O=C1/C(=C/c2ccccc2)CN2CC13[C@@H](c1ccccc1)C1CCCN1C31C(=O)c3ccccc3C21O. The Morgan fingerprint density at radius 2 is 1.57 bits per heavy atom. The number of hydrogen-bond donors (Lipinski definition) is 1. The van der Waals surface area contributed by atoms with E-state index in [-0.39, 0.29) is 23.5 Å². The molecule has 1 N–H and O–H groups in total. The van der Waals surface area contributed by atoms with Crippen LogP contribution in [0.1, 0.15) is 45.8 Å². The van der Waals surface area contributed by atoms with Crippen molar-refractivity contribution in [2.75, 3.05) is 19.6 Å². The summed E-state index contributed by atoms with van der Waals surface area (Å²) in [5.41, 5.74) is -0.0631. The standard InChI is InChI=1S/C32H28N2O3/c35-28-23(18-21-10-3-1-4-11-21)19-33-20-30(28)27(22-12-5-2-6-13-22)26-16-9-17-34(26)31(30)29(36)24-14-7-8-15-25(24)32(31,33)37/h1-8,10-15,18,26-27,37H,9,16-17,19-20H2/b23-18+/t26?,27-,30?,31?,32?/m0/s1. The molecule has 5 unspecified atom stereocenters. The summed E-state index contributed by atoms with van der Waals surface area (Å²) in [5, 5.41) is 13.0. The fraction of sp³-hybridized carbons (Fsp3) is 0.312. The number of benzene rings is 3. The van der Waals surface area contributed by atoms with Crippen molar-refractivity contribution in [1.29, 1.82) is 0 Å². The molecule has 6 atom stereocenters. The minimum absolute atomic E-state index is 0.0212. The maximum atomic E-state index is 15.0. The molecule has 5 nitrogen and oxygen atoms in total. The molecule has 2 bridgehead atoms. The van der Waals surface area contributed by atoms with E-state index in [2.05, 4.69) is 17.0 Å². The molecule has 0 aromatic heterocycles. The van der Waals surface area contributed by atoms with Crippen molar-refractivity contribution in [2.24, 2.45) is 5.41 Å². The molecule has 1 aliphatic carbocycles. The summed E-state index contributed by atoms with van der Waals surface area (Å²) in [6.07, 6.45) is 3.83. The molecule has 3 aromatic carbocycles. The summed E-state index contributed by atoms with van der Waals surface area (Å²) in [5.74, 6) is -0.251. The third-order valence-corrected chi connectivity index (χ3v) is 9.93. The Kier molecular flexibility index (Phi) is 4.18. The monoisotopic (exact) mass is 488 g/mol. The maximum Gasteiger partial charge on any atom is 0.189 e. The van der Waals surface area contributed by atoms with Crippen LogP contribution in [-0.4, -0.2) is 57.7 Å². The summed E-state index contributed by atoms with van der Waals surface area (Å²) in [6.45, 7) is 1.40. The molecule has 37 heavy (non-hydrogen) atoms. The van der Waals surface area contributed by atoms with Crippen molar-refractivity contribution in [2.45, 2.75) is 36.1 Å². The Labute approximate surface area is 216 Å². The normalized spacial score (nSPS) is 38.5. The van der Waals surface area contributed by atoms with Gasteiger partial charge in [0, 0.05) is 41.7 Å². The van der Waals surface area contributed by atoms with Gasteiger partial charge < -0.3 is 5.11 Å². The van der Waals surface area contributed by atoms with Gasteiger partial charge in [-0.2, -0.15) is 0 Å². The lowest BCUT2D eigenvalue weighted by molar-refractivity contribution is -0.149. The molecule has 5 aliphatic rings. The van der Waals surface area contributed by atoms with Gasteiger partial charge in [-0.3, -0.25) is 19.4 Å². The summed E-state index contributed by atoms with van der Waals surface area (Å²) >= 11 is 0. The molecule has 0 saturated carbocycles. The third kappa shape index (κ3) is 2.25. The average Bonchev–Trinajstić information content (AvgIpc) is 3.59. The lowest BCUT2D eigenvalue weighted by Crippen LogP contribution is -2.67. The Morgan fingerprint density at radius 1 is 0.865 bits per heavy atom. The second-order valence-electron chi connectivity index (χ2n) is 11.3. The summed E-state index contributed by atoms with van der Waals surface area (Å²) < 4.78 is 0. The lowest BCUT2D eigenvalue weighted by atomic mass is 9.57. The van der Waals surface area contributed by atoms with Gasteiger partial charge in [0.15, 0.2) is 17.3 Å². The van der Waals surface area contributed by atoms with Crippen molar-refractivity contribution in [3.63, 3.8) is 0 Å². The minimum Gasteiger partial charge on any atom is -0.369 e. The molecule has 4 fully saturated rings. The molecule has 184 valence electrons. The van der Waals surface area contributed by atoms with Gasteiger partial charge in [0.2, 0.25) is 0 Å². The predicted molar refractivity (Wildman–Crippen MR) is 140 cm³/mol. The number of piperidine rings is 1. The number of carbonyl (C=O) groups is 2. The second-order valence-corrected chi connectivity index (χ2v) is 11.3. The third-order valence-electron chi connectivity index (χ3n) is 9.93. The van der Waals surface area contributed by atoms with Gasteiger partial charge in [0.25, 0.3) is 0 Å². The van der Waals surface area contributed by atoms with Gasteiger partial charge >= 0.3 is 0 Å². The predicted octanol–water partition coefficient (Wildman–Crippen LogP) is 4.00. The van der Waals surface area contributed by atoms with E-state index in [0.29, 0.717) is 36.3 Å². The highest BCUT2D eigenvalue weighted by Crippen LogP contribution is 2.74. The number of Topliss-reactive ketones (excluding diaryl/α,β-unsaturated/α-hetero) is 2. The van der Waals surface area contributed by atoms with E-state index in [1.54, 1.807) is 0 Å². The van der Waals surface area contributed by atoms with E-state index in [0.717, 1.165) is 24.0 Å². The number of hydrogen-bond acceptors (Lipinski definition) is 5. The highest BCUT2D eigenvalue weighted by Gasteiger charge is 2.89. The number of rotatable bonds is 2. The number of fused-ring (bicyclic) bond motifs is 5. The Morgan fingerprint density at radius 3 is 2.35 bits per heavy atom. The van der Waals surface area contributed by atoms with Gasteiger partial charge in [-0.15, -0.1) is 0 Å². The molecule has 4 saturated heterocycles. The van der Waals surface area contributed by atoms with Gasteiger partial charge in [-0.05, 0) is 36.6 Å². The Bertz CT molecular complexity index is 1500. The van der Waals surface area contributed by atoms with Crippen molar-refractivity contribution in [3.8, 4) is 0 Å². The first-order valence-corrected chi connectivity index (χ1v) is 13.3. The minimum atomic E-state index is -1.56. The number of ketones is 2. The van der Waals surface area contributed by atoms with Gasteiger partial charge in [-0.1, -0.05) is 84.9 Å². The molecular formula is C32H28N2O3. The zero-order chi connectivity index (χ0) is 25.0. The highest BCUT2D eigenvalue weighted by molar-refractivity contribution is 6.19. The topological polar surface area (TPSA) is 60.9 Å². The first-order chi connectivity index (χ1) is 18.0. The summed E-state index contributed by atoms with van der Waals surface area (Å²) in [7, 11) is 0. The van der Waals surface area contributed by atoms with Crippen LogP contribution in [0.25, 0.3) is 6.08 Å². The van der Waals surface area contributed by atoms with E-state index in [1.807, 2.05) is 83.8 Å². The molecular weight excluding hydrogens is 460 g/mol. The van der Waals surface area contributed by atoms with Crippen molar-refractivity contribution in [1.82, 2.24) is 9.80 Å². The van der Waals surface area contributed by atoms with E-state index >= 15 is 0 Å². The van der Waals surface area contributed by atoms with Crippen LogP contribution in [0.5, 0.6) is 0 Å². The largest absolute Gasteiger partial charge is 0.369 e. The van der Waals surface area contributed by atoms with Crippen molar-refractivity contribution < 1.29 is 14.7 Å². The molecule has 0 radical (unpaired) electrons. The van der Waals surface area contributed by atoms with Crippen LogP contribution in [0.3, 0.4) is 0 Å². The number of carbonyl (C=O) groups excluding carboxylic acids is 2. The fourth-order valence-electron chi connectivity index (χ4n) is 8.91. The van der Waals surface area contributed by atoms with Gasteiger partial charge in [-0.25, -0.2) is 0 Å². The smallest absolute Gasteiger partial charge is 0.189 e. The van der Waals surface area contributed by atoms with Crippen LogP contribution >= 0.6 is 0 Å². The summed E-state index contributed by atoms with van der Waals surface area (Å²) in [4.78, 5) is 34.1. The molecule has 4 heterocycles. The zero-order valence-corrected chi connectivity index (χ0v) is 20.5. The van der Waals surface area contributed by atoms with E-state index in [4.69, 9.17) is 0 Å². The second kappa shape index (κ2) is 7.13. The Balaban J connectivity index is 1.46. The lowest BCUT2D eigenvalue weighted by Gasteiger charge is -2.45. The van der Waals surface area contributed by atoms with Crippen LogP contribution < -0.4 is 0 Å². The van der Waals surface area contributed by atoms with Crippen LogP contribution in [0, 0.1) is 5.41 Å². The van der Waals surface area contributed by atoms with E-state index < -0.39 is 16.7 Å². The molecule has 5 heteroatoms. The molecule has 4 aliphatic heterocycles. The first kappa shape index (κ1) is 21.7. The maximum absolute atomic E-state index is 15.0. The molecule has 3 aromatic rings. The molecule has 2 spiro atoms. The van der Waals surface area contributed by atoms with Crippen molar-refractivity contribution >= 4 is 17.6 Å². The number of aliphatic hydroxyl groups is 1. The van der Waals surface area contributed by atoms with Crippen LogP contribution in [0.2, 0.25) is 0 Å². The van der Waals surface area contributed by atoms with Crippen molar-refractivity contribution in [3.05, 3.63) is 113 Å². The first-order valence-electron chi connectivity index (χ1n) is 13.3. The van der Waals surface area contributed by atoms with Gasteiger partial charge in [0.05, 0.1) is 5.41 Å². The molecule has 8 rings (SSSR count). The average molecular weight is 489 g/mol. The Hall–Kier alpha value is -3.38. The molecule has 0 amide bonds. The number of nitrogens with zero attached hydrogens (tertiary/aromatic N) is 2. The van der Waals surface area contributed by atoms with E-state index in [9.17, 15) is 14.7 Å². The van der Waals surface area contributed by atoms with Crippen LogP contribution in [0.4, 0.5) is 0 Å².